The fourth-order valence-electron chi connectivity index (χ4n) is 4.11. The van der Waals surface area contributed by atoms with Crippen LogP contribution < -0.4 is 19.5 Å². The average molecular weight is 505 g/mol. The van der Waals surface area contributed by atoms with Gasteiger partial charge >= 0.3 is 0 Å². The monoisotopic (exact) mass is 504 g/mol. The standard InChI is InChI=1S/C30H36N2O5/c1-5-6-18-31-30(34)29(24-10-8-7-9-11-24)32(21-22-12-15-25(35-2)16-13-22)28(33)20-23-14-17-26(36-3)27(19-23)37-4/h7-17,19,29H,5-6,18,20-21H2,1-4H3,(H,31,34)/t29-/m1/s1. The van der Waals surface area contributed by atoms with E-state index in [0.717, 1.165) is 35.3 Å². The van der Waals surface area contributed by atoms with Crippen LogP contribution in [-0.4, -0.2) is 44.6 Å². The highest BCUT2D eigenvalue weighted by molar-refractivity contribution is 5.89. The van der Waals surface area contributed by atoms with Crippen LogP contribution in [0, 0.1) is 0 Å². The van der Waals surface area contributed by atoms with Crippen molar-refractivity contribution in [3.8, 4) is 17.2 Å². The first-order valence-corrected chi connectivity index (χ1v) is 12.5. The molecule has 1 N–H and O–H groups in total. The number of rotatable bonds is 13. The van der Waals surface area contributed by atoms with E-state index in [1.54, 1.807) is 38.4 Å². The summed E-state index contributed by atoms with van der Waals surface area (Å²) < 4.78 is 16.0. The molecule has 0 unspecified atom stereocenters. The molecule has 3 aromatic rings. The van der Waals surface area contributed by atoms with E-state index in [4.69, 9.17) is 14.2 Å². The molecule has 0 saturated heterocycles. The van der Waals surface area contributed by atoms with Gasteiger partial charge in [-0.2, -0.15) is 0 Å². The molecule has 7 heteroatoms. The van der Waals surface area contributed by atoms with Gasteiger partial charge in [-0.05, 0) is 47.4 Å². The Morgan fingerprint density at radius 2 is 1.51 bits per heavy atom. The van der Waals surface area contributed by atoms with Gasteiger partial charge in [0, 0.05) is 13.1 Å². The van der Waals surface area contributed by atoms with E-state index in [-0.39, 0.29) is 24.8 Å². The van der Waals surface area contributed by atoms with Crippen LogP contribution in [-0.2, 0) is 22.6 Å². The van der Waals surface area contributed by atoms with Crippen molar-refractivity contribution in [2.45, 2.75) is 38.8 Å². The quantitative estimate of drug-likeness (QED) is 0.334. The lowest BCUT2D eigenvalue weighted by Gasteiger charge is -2.32. The van der Waals surface area contributed by atoms with E-state index >= 15 is 0 Å². The fraction of sp³-hybridized carbons (Fsp3) is 0.333. The Morgan fingerprint density at radius 1 is 0.838 bits per heavy atom. The largest absolute Gasteiger partial charge is 0.497 e. The van der Waals surface area contributed by atoms with Crippen molar-refractivity contribution < 1.29 is 23.8 Å². The number of amides is 2. The second-order valence-electron chi connectivity index (χ2n) is 8.69. The maximum absolute atomic E-state index is 13.9. The molecule has 0 aliphatic carbocycles. The van der Waals surface area contributed by atoms with Crippen LogP contribution in [0.15, 0.2) is 72.8 Å². The third kappa shape index (κ3) is 7.49. The van der Waals surface area contributed by atoms with Crippen LogP contribution in [0.3, 0.4) is 0 Å². The molecule has 0 heterocycles. The van der Waals surface area contributed by atoms with Crippen molar-refractivity contribution in [3.63, 3.8) is 0 Å². The lowest BCUT2D eigenvalue weighted by Crippen LogP contribution is -2.44. The molecule has 0 spiro atoms. The van der Waals surface area contributed by atoms with E-state index in [1.165, 1.54) is 0 Å². The molecule has 0 radical (unpaired) electrons. The highest BCUT2D eigenvalue weighted by Gasteiger charge is 2.31. The van der Waals surface area contributed by atoms with E-state index < -0.39 is 6.04 Å². The number of carbonyl (C=O) groups is 2. The molecule has 37 heavy (non-hydrogen) atoms. The maximum atomic E-state index is 13.9. The smallest absolute Gasteiger partial charge is 0.247 e. The molecule has 7 nitrogen and oxygen atoms in total. The third-order valence-corrected chi connectivity index (χ3v) is 6.14. The summed E-state index contributed by atoms with van der Waals surface area (Å²) >= 11 is 0. The number of benzene rings is 3. The molecule has 0 aromatic heterocycles. The zero-order chi connectivity index (χ0) is 26.6. The minimum absolute atomic E-state index is 0.0993. The number of hydrogen-bond acceptors (Lipinski definition) is 5. The average Bonchev–Trinajstić information content (AvgIpc) is 2.93. The van der Waals surface area contributed by atoms with Crippen molar-refractivity contribution in [1.29, 1.82) is 0 Å². The number of nitrogens with zero attached hydrogens (tertiary/aromatic N) is 1. The van der Waals surface area contributed by atoms with Gasteiger partial charge in [-0.3, -0.25) is 9.59 Å². The second-order valence-corrected chi connectivity index (χ2v) is 8.69. The van der Waals surface area contributed by atoms with Gasteiger partial charge in [-0.15, -0.1) is 0 Å². The van der Waals surface area contributed by atoms with Crippen LogP contribution in [0.5, 0.6) is 17.2 Å². The summed E-state index contributed by atoms with van der Waals surface area (Å²) in [4.78, 5) is 29.1. The predicted octanol–water partition coefficient (Wildman–Crippen LogP) is 4.94. The van der Waals surface area contributed by atoms with Gasteiger partial charge in [-0.1, -0.05) is 61.9 Å². The summed E-state index contributed by atoms with van der Waals surface area (Å²) in [5.74, 6) is 1.48. The fourth-order valence-corrected chi connectivity index (χ4v) is 4.11. The molecule has 0 saturated carbocycles. The zero-order valence-corrected chi connectivity index (χ0v) is 22.0. The van der Waals surface area contributed by atoms with Crippen molar-refractivity contribution >= 4 is 11.8 Å². The first kappa shape index (κ1) is 27.6. The first-order chi connectivity index (χ1) is 18.0. The SMILES string of the molecule is CCCCNC(=O)[C@@H](c1ccccc1)N(Cc1ccc(OC)cc1)C(=O)Cc1ccc(OC)c(OC)c1. The number of unbranched alkanes of at least 4 members (excludes halogenated alkanes) is 1. The molecule has 3 rings (SSSR count). The molecule has 196 valence electrons. The van der Waals surface area contributed by atoms with Crippen molar-refractivity contribution in [2.24, 2.45) is 0 Å². The Bertz CT molecular complexity index is 1150. The van der Waals surface area contributed by atoms with Gasteiger partial charge in [-0.25, -0.2) is 0 Å². The highest BCUT2D eigenvalue weighted by atomic mass is 16.5. The Balaban J connectivity index is 1.99. The highest BCUT2D eigenvalue weighted by Crippen LogP contribution is 2.29. The normalized spacial score (nSPS) is 11.4. The molecular weight excluding hydrogens is 468 g/mol. The van der Waals surface area contributed by atoms with Crippen LogP contribution >= 0.6 is 0 Å². The number of nitrogens with one attached hydrogen (secondary N) is 1. The number of carbonyl (C=O) groups excluding carboxylic acids is 2. The second kappa shape index (κ2) is 13.9. The third-order valence-electron chi connectivity index (χ3n) is 6.14. The van der Waals surface area contributed by atoms with E-state index in [1.807, 2.05) is 60.7 Å². The summed E-state index contributed by atoms with van der Waals surface area (Å²) in [6.07, 6.45) is 1.93. The zero-order valence-electron chi connectivity index (χ0n) is 22.0. The van der Waals surface area contributed by atoms with Gasteiger partial charge in [0.05, 0.1) is 27.8 Å². The van der Waals surface area contributed by atoms with E-state index in [0.29, 0.717) is 18.0 Å². The van der Waals surface area contributed by atoms with E-state index in [2.05, 4.69) is 12.2 Å². The Labute approximate surface area is 219 Å². The first-order valence-electron chi connectivity index (χ1n) is 12.5. The Kier molecular flexibility index (Phi) is 10.4. The molecule has 0 aliphatic rings. The molecule has 0 bridgehead atoms. The molecule has 1 atom stereocenters. The van der Waals surface area contributed by atoms with Crippen molar-refractivity contribution in [2.75, 3.05) is 27.9 Å². The number of methoxy groups -OCH3 is 3. The summed E-state index contributed by atoms with van der Waals surface area (Å²) in [5.41, 5.74) is 2.41. The molecule has 2 amide bonds. The van der Waals surface area contributed by atoms with Crippen LogP contribution in [0.1, 0.15) is 42.5 Å². The molecule has 0 aliphatic heterocycles. The summed E-state index contributed by atoms with van der Waals surface area (Å²) in [6.45, 7) is 2.89. The lowest BCUT2D eigenvalue weighted by atomic mass is 10.0. The van der Waals surface area contributed by atoms with Crippen molar-refractivity contribution in [1.82, 2.24) is 10.2 Å². The summed E-state index contributed by atoms with van der Waals surface area (Å²) in [5, 5.41) is 3.03. The van der Waals surface area contributed by atoms with Gasteiger partial charge in [0.2, 0.25) is 11.8 Å². The number of hydrogen-bond donors (Lipinski definition) is 1. The van der Waals surface area contributed by atoms with Crippen molar-refractivity contribution in [3.05, 3.63) is 89.5 Å². The van der Waals surface area contributed by atoms with Crippen LogP contribution in [0.25, 0.3) is 0 Å². The Morgan fingerprint density at radius 3 is 2.14 bits per heavy atom. The van der Waals surface area contributed by atoms with Gasteiger partial charge in [0.25, 0.3) is 0 Å². The van der Waals surface area contributed by atoms with Gasteiger partial charge in [0.1, 0.15) is 11.8 Å². The number of ether oxygens (including phenoxy) is 3. The van der Waals surface area contributed by atoms with Gasteiger partial charge in [0.15, 0.2) is 11.5 Å². The molecular formula is C30H36N2O5. The van der Waals surface area contributed by atoms with Crippen LogP contribution in [0.2, 0.25) is 0 Å². The summed E-state index contributed by atoms with van der Waals surface area (Å²) in [6, 6.07) is 21.6. The minimum Gasteiger partial charge on any atom is -0.497 e. The topological polar surface area (TPSA) is 77.1 Å². The lowest BCUT2D eigenvalue weighted by molar-refractivity contribution is -0.141. The van der Waals surface area contributed by atoms with Crippen LogP contribution in [0.4, 0.5) is 0 Å². The summed E-state index contributed by atoms with van der Waals surface area (Å²) in [7, 11) is 4.74. The predicted molar refractivity (Wildman–Crippen MR) is 144 cm³/mol. The minimum atomic E-state index is -0.784. The molecule has 0 fully saturated rings. The maximum Gasteiger partial charge on any atom is 0.247 e. The van der Waals surface area contributed by atoms with E-state index in [9.17, 15) is 9.59 Å². The molecule has 3 aromatic carbocycles. The van der Waals surface area contributed by atoms with Gasteiger partial charge < -0.3 is 24.4 Å². The Hall–Kier alpha value is -4.00.